The minimum atomic E-state index is 0.225. The summed E-state index contributed by atoms with van der Waals surface area (Å²) in [6.07, 6.45) is 1.37. The summed E-state index contributed by atoms with van der Waals surface area (Å²) in [7, 11) is 0. The number of hydrogen-bond donors (Lipinski definition) is 1. The molecule has 2 nitrogen and oxygen atoms in total. The summed E-state index contributed by atoms with van der Waals surface area (Å²) >= 11 is 0. The fourth-order valence-corrected chi connectivity index (χ4v) is 1.77. The van der Waals surface area contributed by atoms with Gasteiger partial charge in [0, 0.05) is 12.1 Å². The van der Waals surface area contributed by atoms with Crippen LogP contribution in [0.3, 0.4) is 0 Å². The Labute approximate surface area is 105 Å². The van der Waals surface area contributed by atoms with Crippen LogP contribution < -0.4 is 10.1 Å². The van der Waals surface area contributed by atoms with Gasteiger partial charge in [0.2, 0.25) is 0 Å². The molecule has 0 aromatic heterocycles. The van der Waals surface area contributed by atoms with Crippen molar-refractivity contribution in [3.8, 4) is 5.75 Å². The van der Waals surface area contributed by atoms with Crippen molar-refractivity contribution in [2.24, 2.45) is 0 Å². The van der Waals surface area contributed by atoms with E-state index in [0.717, 1.165) is 12.2 Å². The molecule has 2 heteroatoms. The van der Waals surface area contributed by atoms with E-state index in [1.165, 1.54) is 5.56 Å². The van der Waals surface area contributed by atoms with Crippen LogP contribution in [0.4, 0.5) is 0 Å². The van der Waals surface area contributed by atoms with Crippen LogP contribution in [0.2, 0.25) is 0 Å². The zero-order valence-electron chi connectivity index (χ0n) is 11.7. The van der Waals surface area contributed by atoms with E-state index in [-0.39, 0.29) is 6.10 Å². The van der Waals surface area contributed by atoms with Crippen LogP contribution in [0.15, 0.2) is 24.3 Å². The van der Waals surface area contributed by atoms with Gasteiger partial charge in [0.15, 0.2) is 0 Å². The molecule has 1 aromatic rings. The number of ether oxygens (including phenoxy) is 1. The quantitative estimate of drug-likeness (QED) is 0.807. The monoisotopic (exact) mass is 235 g/mol. The van der Waals surface area contributed by atoms with Gasteiger partial charge < -0.3 is 10.1 Å². The maximum Gasteiger partial charge on any atom is 0.120 e. The van der Waals surface area contributed by atoms with Crippen LogP contribution in [-0.4, -0.2) is 12.1 Å². The van der Waals surface area contributed by atoms with Crippen molar-refractivity contribution in [3.05, 3.63) is 29.8 Å². The Hall–Kier alpha value is -1.02. The van der Waals surface area contributed by atoms with E-state index in [0.29, 0.717) is 12.1 Å². The van der Waals surface area contributed by atoms with Gasteiger partial charge in [-0.3, -0.25) is 0 Å². The predicted molar refractivity (Wildman–Crippen MR) is 73.5 cm³/mol. The predicted octanol–water partition coefficient (Wildman–Crippen LogP) is 3.92. The molecule has 1 aromatic carbocycles. The van der Waals surface area contributed by atoms with Gasteiger partial charge in [-0.2, -0.15) is 0 Å². The van der Waals surface area contributed by atoms with Gasteiger partial charge in [-0.25, -0.2) is 0 Å². The van der Waals surface area contributed by atoms with Crippen molar-refractivity contribution in [1.82, 2.24) is 5.32 Å². The Balaban J connectivity index is 2.70. The highest BCUT2D eigenvalue weighted by molar-refractivity contribution is 5.30. The molecule has 0 saturated carbocycles. The fourth-order valence-electron chi connectivity index (χ4n) is 1.77. The molecule has 0 aliphatic carbocycles. The van der Waals surface area contributed by atoms with Crippen LogP contribution in [0, 0.1) is 0 Å². The minimum Gasteiger partial charge on any atom is -0.491 e. The first-order valence-corrected chi connectivity index (χ1v) is 6.55. The Kier molecular flexibility index (Phi) is 5.49. The van der Waals surface area contributed by atoms with E-state index in [2.05, 4.69) is 44.3 Å². The molecule has 0 amide bonds. The smallest absolute Gasteiger partial charge is 0.120 e. The van der Waals surface area contributed by atoms with E-state index in [1.807, 2.05) is 19.9 Å². The molecule has 1 rings (SSSR count). The summed E-state index contributed by atoms with van der Waals surface area (Å²) in [6.45, 7) is 10.7. The molecule has 0 aliphatic heterocycles. The van der Waals surface area contributed by atoms with E-state index in [4.69, 9.17) is 4.74 Å². The van der Waals surface area contributed by atoms with Gasteiger partial charge >= 0.3 is 0 Å². The fraction of sp³-hybridized carbons (Fsp3) is 0.600. The summed E-state index contributed by atoms with van der Waals surface area (Å²) in [4.78, 5) is 0. The average molecular weight is 235 g/mol. The van der Waals surface area contributed by atoms with E-state index in [1.54, 1.807) is 0 Å². The third-order valence-corrected chi connectivity index (χ3v) is 2.88. The molecule has 0 spiro atoms. The molecule has 0 aliphatic rings. The average Bonchev–Trinajstić information content (AvgIpc) is 2.28. The van der Waals surface area contributed by atoms with Gasteiger partial charge in [-0.05, 0) is 51.8 Å². The van der Waals surface area contributed by atoms with Crippen LogP contribution in [0.1, 0.15) is 52.6 Å². The molecule has 1 N–H and O–H groups in total. The summed E-state index contributed by atoms with van der Waals surface area (Å²) in [6, 6.07) is 9.24. The zero-order chi connectivity index (χ0) is 12.8. The van der Waals surface area contributed by atoms with E-state index in [9.17, 15) is 0 Å². The molecule has 0 radical (unpaired) electrons. The first-order chi connectivity index (χ1) is 8.02. The molecular weight excluding hydrogens is 210 g/mol. The standard InChI is InChI=1S/C15H25NO/c1-6-12(4)16-13(5)14-8-7-9-15(10-14)17-11(2)3/h7-13,16H,6H2,1-5H3/t12-,13+/m1/s1. The van der Waals surface area contributed by atoms with Crippen LogP contribution in [0.5, 0.6) is 5.75 Å². The lowest BCUT2D eigenvalue weighted by Crippen LogP contribution is -2.28. The molecule has 96 valence electrons. The summed E-state index contributed by atoms with van der Waals surface area (Å²) in [5.41, 5.74) is 1.28. The van der Waals surface area contributed by atoms with Crippen LogP contribution in [-0.2, 0) is 0 Å². The van der Waals surface area contributed by atoms with Crippen molar-refractivity contribution in [2.75, 3.05) is 0 Å². The zero-order valence-corrected chi connectivity index (χ0v) is 11.7. The third-order valence-electron chi connectivity index (χ3n) is 2.88. The van der Waals surface area contributed by atoms with Gasteiger partial charge in [0.25, 0.3) is 0 Å². The second-order valence-electron chi connectivity index (χ2n) is 4.94. The maximum absolute atomic E-state index is 5.71. The van der Waals surface area contributed by atoms with Crippen molar-refractivity contribution >= 4 is 0 Å². The number of benzene rings is 1. The lowest BCUT2D eigenvalue weighted by atomic mass is 10.1. The SMILES string of the molecule is CC[C@@H](C)N[C@@H](C)c1cccc(OC(C)C)c1. The first kappa shape index (κ1) is 14.0. The molecule has 0 heterocycles. The van der Waals surface area contributed by atoms with Crippen molar-refractivity contribution in [1.29, 1.82) is 0 Å². The molecule has 0 saturated heterocycles. The van der Waals surface area contributed by atoms with Crippen LogP contribution in [0.25, 0.3) is 0 Å². The van der Waals surface area contributed by atoms with Gasteiger partial charge in [-0.1, -0.05) is 19.1 Å². The highest BCUT2D eigenvalue weighted by Gasteiger charge is 2.09. The minimum absolute atomic E-state index is 0.225. The maximum atomic E-state index is 5.71. The highest BCUT2D eigenvalue weighted by atomic mass is 16.5. The lowest BCUT2D eigenvalue weighted by molar-refractivity contribution is 0.242. The van der Waals surface area contributed by atoms with Gasteiger partial charge in [-0.15, -0.1) is 0 Å². The second-order valence-corrected chi connectivity index (χ2v) is 4.94. The number of nitrogens with one attached hydrogen (secondary N) is 1. The molecule has 2 atom stereocenters. The summed E-state index contributed by atoms with van der Waals surface area (Å²) in [5, 5.41) is 3.57. The van der Waals surface area contributed by atoms with Crippen molar-refractivity contribution in [2.45, 2.75) is 59.2 Å². The summed E-state index contributed by atoms with van der Waals surface area (Å²) in [5.74, 6) is 0.954. The molecular formula is C15H25NO. The second kappa shape index (κ2) is 6.65. The van der Waals surface area contributed by atoms with Gasteiger partial charge in [0.05, 0.1) is 6.10 Å². The van der Waals surface area contributed by atoms with Gasteiger partial charge in [0.1, 0.15) is 5.75 Å². The molecule has 0 unspecified atom stereocenters. The number of hydrogen-bond acceptors (Lipinski definition) is 2. The van der Waals surface area contributed by atoms with E-state index >= 15 is 0 Å². The topological polar surface area (TPSA) is 21.3 Å². The third kappa shape index (κ3) is 4.78. The Morgan fingerprint density at radius 2 is 1.88 bits per heavy atom. The molecule has 17 heavy (non-hydrogen) atoms. The summed E-state index contributed by atoms with van der Waals surface area (Å²) < 4.78 is 5.71. The van der Waals surface area contributed by atoms with Crippen molar-refractivity contribution in [3.63, 3.8) is 0 Å². The Morgan fingerprint density at radius 1 is 1.18 bits per heavy atom. The Morgan fingerprint density at radius 3 is 2.47 bits per heavy atom. The Bertz CT molecular complexity index is 335. The highest BCUT2D eigenvalue weighted by Crippen LogP contribution is 2.20. The van der Waals surface area contributed by atoms with Crippen molar-refractivity contribution < 1.29 is 4.74 Å². The normalized spacial score (nSPS) is 14.7. The lowest BCUT2D eigenvalue weighted by Gasteiger charge is -2.20. The molecule has 0 fully saturated rings. The number of rotatable bonds is 6. The first-order valence-electron chi connectivity index (χ1n) is 6.55. The largest absolute Gasteiger partial charge is 0.491 e. The van der Waals surface area contributed by atoms with Crippen LogP contribution >= 0.6 is 0 Å². The molecule has 0 bridgehead atoms. The van der Waals surface area contributed by atoms with E-state index < -0.39 is 0 Å².